The van der Waals surface area contributed by atoms with Crippen LogP contribution in [-0.2, 0) is 0 Å². The molecule has 0 aromatic heterocycles. The summed E-state index contributed by atoms with van der Waals surface area (Å²) in [6.45, 7) is 8.45. The second kappa shape index (κ2) is 3.27. The zero-order valence-corrected chi connectivity index (χ0v) is 9.27. The first-order valence-corrected chi connectivity index (χ1v) is 5.89. The van der Waals surface area contributed by atoms with E-state index in [1.807, 2.05) is 0 Å². The van der Waals surface area contributed by atoms with Crippen molar-refractivity contribution in [2.75, 3.05) is 6.54 Å². The Bertz CT molecular complexity index is 164. The smallest absolute Gasteiger partial charge is 0.0209 e. The van der Waals surface area contributed by atoms with Crippen LogP contribution in [-0.4, -0.2) is 12.1 Å². The standard InChI is InChI=1S/C12H23N/c1-9(2)10(3)12-6-4-11(5-7-12)8-13-12/h9-11,13H,4-8H2,1-3H3. The zero-order valence-electron chi connectivity index (χ0n) is 9.27. The molecular weight excluding hydrogens is 158 g/mol. The van der Waals surface area contributed by atoms with E-state index in [1.54, 1.807) is 0 Å². The van der Waals surface area contributed by atoms with Gasteiger partial charge >= 0.3 is 0 Å². The predicted octanol–water partition coefficient (Wildman–Crippen LogP) is 2.81. The van der Waals surface area contributed by atoms with Gasteiger partial charge in [0.1, 0.15) is 0 Å². The van der Waals surface area contributed by atoms with E-state index in [-0.39, 0.29) is 0 Å². The van der Waals surface area contributed by atoms with Crippen LogP contribution in [0.1, 0.15) is 46.5 Å². The second-order valence-corrected chi connectivity index (χ2v) is 5.51. The molecule has 2 saturated heterocycles. The van der Waals surface area contributed by atoms with Crippen molar-refractivity contribution in [2.45, 2.75) is 52.0 Å². The van der Waals surface area contributed by atoms with Crippen molar-refractivity contribution in [1.82, 2.24) is 5.32 Å². The Kier molecular flexibility index (Phi) is 2.39. The van der Waals surface area contributed by atoms with Gasteiger partial charge in [-0.2, -0.15) is 0 Å². The van der Waals surface area contributed by atoms with Gasteiger partial charge in [-0.3, -0.25) is 0 Å². The quantitative estimate of drug-likeness (QED) is 0.690. The van der Waals surface area contributed by atoms with E-state index < -0.39 is 0 Å². The summed E-state index contributed by atoms with van der Waals surface area (Å²) in [5, 5.41) is 3.81. The number of hydrogen-bond acceptors (Lipinski definition) is 1. The molecule has 3 fully saturated rings. The third kappa shape index (κ3) is 1.52. The Morgan fingerprint density at radius 3 is 2.15 bits per heavy atom. The van der Waals surface area contributed by atoms with Crippen LogP contribution in [0.4, 0.5) is 0 Å². The van der Waals surface area contributed by atoms with Crippen LogP contribution in [0.3, 0.4) is 0 Å². The molecule has 1 atom stereocenters. The molecule has 0 radical (unpaired) electrons. The fraction of sp³-hybridized carbons (Fsp3) is 1.00. The van der Waals surface area contributed by atoms with Crippen molar-refractivity contribution in [1.29, 1.82) is 0 Å². The minimum absolute atomic E-state index is 0.517. The molecule has 2 heterocycles. The lowest BCUT2D eigenvalue weighted by Crippen LogP contribution is -2.60. The molecule has 3 rings (SSSR count). The van der Waals surface area contributed by atoms with Crippen LogP contribution < -0.4 is 5.32 Å². The number of fused-ring (bicyclic) bond motifs is 3. The SMILES string of the molecule is CC(C)C(C)C12CCC(CC1)CN2. The fourth-order valence-corrected chi connectivity index (χ4v) is 3.18. The maximum absolute atomic E-state index is 3.81. The Morgan fingerprint density at radius 1 is 1.15 bits per heavy atom. The number of piperidine rings is 2. The Labute approximate surface area is 82.3 Å². The monoisotopic (exact) mass is 181 g/mol. The summed E-state index contributed by atoms with van der Waals surface area (Å²) in [4.78, 5) is 0. The molecule has 3 aliphatic rings. The van der Waals surface area contributed by atoms with Gasteiger partial charge in [0.2, 0.25) is 0 Å². The summed E-state index contributed by atoms with van der Waals surface area (Å²) in [6, 6.07) is 0. The summed E-state index contributed by atoms with van der Waals surface area (Å²) < 4.78 is 0. The lowest BCUT2D eigenvalue weighted by Gasteiger charge is -2.52. The highest BCUT2D eigenvalue weighted by Crippen LogP contribution is 2.43. The van der Waals surface area contributed by atoms with Gasteiger partial charge in [-0.25, -0.2) is 0 Å². The van der Waals surface area contributed by atoms with Crippen molar-refractivity contribution >= 4 is 0 Å². The maximum atomic E-state index is 3.81. The van der Waals surface area contributed by atoms with Crippen molar-refractivity contribution in [3.8, 4) is 0 Å². The molecule has 0 aromatic carbocycles. The molecule has 0 aromatic rings. The molecule has 0 spiro atoms. The van der Waals surface area contributed by atoms with Crippen LogP contribution in [0, 0.1) is 17.8 Å². The maximum Gasteiger partial charge on any atom is 0.0209 e. The molecule has 13 heavy (non-hydrogen) atoms. The highest BCUT2D eigenvalue weighted by Gasteiger charge is 2.44. The fourth-order valence-electron chi connectivity index (χ4n) is 3.18. The molecular formula is C12H23N. The van der Waals surface area contributed by atoms with Crippen molar-refractivity contribution in [2.24, 2.45) is 17.8 Å². The summed E-state index contributed by atoms with van der Waals surface area (Å²) in [5.41, 5.74) is 0.517. The molecule has 0 amide bonds. The number of rotatable bonds is 2. The molecule has 2 aliphatic heterocycles. The zero-order chi connectivity index (χ0) is 9.47. The molecule has 1 aliphatic carbocycles. The molecule has 2 bridgehead atoms. The Balaban J connectivity index is 2.09. The minimum Gasteiger partial charge on any atom is -0.311 e. The average Bonchev–Trinajstić information content (AvgIpc) is 2.19. The number of hydrogen-bond donors (Lipinski definition) is 1. The van der Waals surface area contributed by atoms with Crippen molar-refractivity contribution in [3.63, 3.8) is 0 Å². The van der Waals surface area contributed by atoms with Gasteiger partial charge in [0.25, 0.3) is 0 Å². The first-order chi connectivity index (χ1) is 6.14. The van der Waals surface area contributed by atoms with Gasteiger partial charge in [0.15, 0.2) is 0 Å². The van der Waals surface area contributed by atoms with Gasteiger partial charge in [-0.05, 0) is 50.0 Å². The first-order valence-electron chi connectivity index (χ1n) is 5.89. The summed E-state index contributed by atoms with van der Waals surface area (Å²) >= 11 is 0. The van der Waals surface area contributed by atoms with Crippen LogP contribution in [0.2, 0.25) is 0 Å². The van der Waals surface area contributed by atoms with Gasteiger partial charge in [-0.15, -0.1) is 0 Å². The molecule has 1 unspecified atom stereocenters. The van der Waals surface area contributed by atoms with Gasteiger partial charge in [0, 0.05) is 5.54 Å². The topological polar surface area (TPSA) is 12.0 Å². The summed E-state index contributed by atoms with van der Waals surface area (Å²) in [6.07, 6.45) is 5.81. The molecule has 1 saturated carbocycles. The third-order valence-electron chi connectivity index (χ3n) is 4.61. The largest absolute Gasteiger partial charge is 0.311 e. The number of nitrogens with one attached hydrogen (secondary N) is 1. The van der Waals surface area contributed by atoms with E-state index in [2.05, 4.69) is 26.1 Å². The summed E-state index contributed by atoms with van der Waals surface area (Å²) in [7, 11) is 0. The van der Waals surface area contributed by atoms with E-state index in [0.29, 0.717) is 5.54 Å². The van der Waals surface area contributed by atoms with Crippen molar-refractivity contribution < 1.29 is 0 Å². The molecule has 1 heteroatoms. The highest BCUT2D eigenvalue weighted by atomic mass is 15.0. The molecule has 1 N–H and O–H groups in total. The van der Waals surface area contributed by atoms with Gasteiger partial charge in [-0.1, -0.05) is 20.8 Å². The van der Waals surface area contributed by atoms with Crippen LogP contribution in [0.25, 0.3) is 0 Å². The van der Waals surface area contributed by atoms with Gasteiger partial charge in [0.05, 0.1) is 0 Å². The second-order valence-electron chi connectivity index (χ2n) is 5.51. The van der Waals surface area contributed by atoms with E-state index in [4.69, 9.17) is 0 Å². The van der Waals surface area contributed by atoms with Gasteiger partial charge < -0.3 is 5.32 Å². The van der Waals surface area contributed by atoms with E-state index in [0.717, 1.165) is 17.8 Å². The van der Waals surface area contributed by atoms with Crippen LogP contribution in [0.5, 0.6) is 0 Å². The lowest BCUT2D eigenvalue weighted by atomic mass is 9.64. The van der Waals surface area contributed by atoms with Crippen LogP contribution >= 0.6 is 0 Å². The van der Waals surface area contributed by atoms with Crippen molar-refractivity contribution in [3.05, 3.63) is 0 Å². The Hall–Kier alpha value is -0.0400. The minimum atomic E-state index is 0.517. The summed E-state index contributed by atoms with van der Waals surface area (Å²) in [5.74, 6) is 2.66. The predicted molar refractivity (Wildman–Crippen MR) is 56.7 cm³/mol. The molecule has 76 valence electrons. The molecule has 1 nitrogen and oxygen atoms in total. The normalized spacial score (nSPS) is 41.1. The average molecular weight is 181 g/mol. The van der Waals surface area contributed by atoms with E-state index in [1.165, 1.54) is 32.2 Å². The van der Waals surface area contributed by atoms with E-state index >= 15 is 0 Å². The third-order valence-corrected chi connectivity index (χ3v) is 4.61. The highest BCUT2D eigenvalue weighted by molar-refractivity contribution is 5.02. The lowest BCUT2D eigenvalue weighted by molar-refractivity contribution is 0.0507. The Morgan fingerprint density at radius 2 is 1.77 bits per heavy atom. The first kappa shape index (κ1) is 9.51. The van der Waals surface area contributed by atoms with Crippen LogP contribution in [0.15, 0.2) is 0 Å². The van der Waals surface area contributed by atoms with E-state index in [9.17, 15) is 0 Å².